The first kappa shape index (κ1) is 23.0. The van der Waals surface area contributed by atoms with Crippen LogP contribution in [0.3, 0.4) is 0 Å². The summed E-state index contributed by atoms with van der Waals surface area (Å²) in [5.74, 6) is -0.734. The summed E-state index contributed by atoms with van der Waals surface area (Å²) in [5.41, 5.74) is 6.13. The molecule has 1 N–H and O–H groups in total. The van der Waals surface area contributed by atoms with Crippen molar-refractivity contribution < 1.29 is 19.1 Å². The Balaban J connectivity index is 1.61. The molecular formula is C27H27N3O4. The molecule has 1 aliphatic heterocycles. The number of nitrogens with one attached hydrogen (secondary N) is 1. The van der Waals surface area contributed by atoms with E-state index < -0.39 is 6.03 Å². The van der Waals surface area contributed by atoms with Gasteiger partial charge in [0.1, 0.15) is 5.70 Å². The first-order valence-electron chi connectivity index (χ1n) is 11.1. The number of hydrogen-bond acceptors (Lipinski definition) is 4. The largest absolute Gasteiger partial charge is 0.462 e. The number of hydrogen-bond donors (Lipinski definition) is 1. The van der Waals surface area contributed by atoms with Crippen LogP contribution in [0.4, 0.5) is 4.79 Å². The summed E-state index contributed by atoms with van der Waals surface area (Å²) in [6, 6.07) is 16.5. The third kappa shape index (κ3) is 4.50. The minimum absolute atomic E-state index is 0.210. The smallest absolute Gasteiger partial charge is 0.338 e. The number of esters is 1. The van der Waals surface area contributed by atoms with Crippen molar-refractivity contribution in [3.8, 4) is 5.69 Å². The summed E-state index contributed by atoms with van der Waals surface area (Å²) in [7, 11) is 0. The Hall–Kier alpha value is -4.13. The normalized spacial score (nSPS) is 14.6. The lowest BCUT2D eigenvalue weighted by molar-refractivity contribution is -0.123. The van der Waals surface area contributed by atoms with Crippen molar-refractivity contribution in [2.75, 3.05) is 6.61 Å². The Morgan fingerprint density at radius 1 is 1.03 bits per heavy atom. The van der Waals surface area contributed by atoms with Gasteiger partial charge in [0, 0.05) is 17.1 Å². The number of rotatable bonds is 6. The van der Waals surface area contributed by atoms with Crippen LogP contribution in [0.2, 0.25) is 0 Å². The number of aryl methyl sites for hydroxylation is 2. The maximum absolute atomic E-state index is 13.0. The second-order valence-corrected chi connectivity index (χ2v) is 8.30. The van der Waals surface area contributed by atoms with E-state index >= 15 is 0 Å². The monoisotopic (exact) mass is 457 g/mol. The fraction of sp³-hybridized carbons (Fsp3) is 0.222. The fourth-order valence-electron chi connectivity index (χ4n) is 4.06. The summed E-state index contributed by atoms with van der Waals surface area (Å²) < 4.78 is 7.11. The van der Waals surface area contributed by atoms with Crippen LogP contribution in [0.25, 0.3) is 11.8 Å². The molecule has 4 rings (SSSR count). The molecule has 7 nitrogen and oxygen atoms in total. The number of aromatic nitrogens is 1. The van der Waals surface area contributed by atoms with Crippen molar-refractivity contribution in [3.05, 3.63) is 93.9 Å². The van der Waals surface area contributed by atoms with Gasteiger partial charge in [-0.3, -0.25) is 9.69 Å². The molecule has 0 unspecified atom stereocenters. The van der Waals surface area contributed by atoms with E-state index in [1.54, 1.807) is 25.1 Å². The zero-order chi connectivity index (χ0) is 24.4. The van der Waals surface area contributed by atoms with Gasteiger partial charge in [-0.15, -0.1) is 0 Å². The Bertz CT molecular complexity index is 1300. The van der Waals surface area contributed by atoms with Crippen LogP contribution < -0.4 is 5.32 Å². The SMILES string of the molecule is CCOC(=O)c1cccc(-n2c(C)cc(/C=C3\NC(=O)N(Cc4ccc(C)cc4)C3=O)c2C)c1. The molecule has 1 aromatic heterocycles. The predicted molar refractivity (Wildman–Crippen MR) is 129 cm³/mol. The maximum atomic E-state index is 13.0. The van der Waals surface area contributed by atoms with Gasteiger partial charge >= 0.3 is 12.0 Å². The van der Waals surface area contributed by atoms with Crippen LogP contribution >= 0.6 is 0 Å². The van der Waals surface area contributed by atoms with Crippen molar-refractivity contribution in [1.29, 1.82) is 0 Å². The van der Waals surface area contributed by atoms with E-state index in [9.17, 15) is 14.4 Å². The molecule has 0 atom stereocenters. The van der Waals surface area contributed by atoms with Gasteiger partial charge in [0.05, 0.1) is 18.7 Å². The van der Waals surface area contributed by atoms with Gasteiger partial charge in [0.25, 0.3) is 5.91 Å². The van der Waals surface area contributed by atoms with E-state index in [1.165, 1.54) is 4.90 Å². The molecule has 1 fully saturated rings. The summed E-state index contributed by atoms with van der Waals surface area (Å²) in [4.78, 5) is 38.8. The fourth-order valence-corrected chi connectivity index (χ4v) is 4.06. The molecule has 0 aliphatic carbocycles. The number of urea groups is 1. The molecule has 1 aliphatic rings. The van der Waals surface area contributed by atoms with Crippen LogP contribution in [0.1, 0.15) is 45.4 Å². The summed E-state index contributed by atoms with van der Waals surface area (Å²) in [5, 5.41) is 2.70. The lowest BCUT2D eigenvalue weighted by Gasteiger charge is -2.12. The van der Waals surface area contributed by atoms with Gasteiger partial charge in [-0.05, 0) is 69.2 Å². The van der Waals surface area contributed by atoms with Gasteiger partial charge in [-0.2, -0.15) is 0 Å². The quantitative estimate of drug-likeness (QED) is 0.331. The second-order valence-electron chi connectivity index (χ2n) is 8.30. The van der Waals surface area contributed by atoms with Crippen molar-refractivity contribution in [2.24, 2.45) is 0 Å². The number of benzene rings is 2. The van der Waals surface area contributed by atoms with Crippen molar-refractivity contribution >= 4 is 24.0 Å². The highest BCUT2D eigenvalue weighted by Gasteiger charge is 2.33. The van der Waals surface area contributed by atoms with Gasteiger partial charge in [0.15, 0.2) is 0 Å². The molecule has 3 amide bonds. The van der Waals surface area contributed by atoms with Crippen molar-refractivity contribution in [2.45, 2.75) is 34.2 Å². The Kier molecular flexibility index (Phi) is 6.36. The molecule has 7 heteroatoms. The molecule has 174 valence electrons. The summed E-state index contributed by atoms with van der Waals surface area (Å²) in [6.45, 7) is 8.16. The number of carbonyl (C=O) groups is 3. The van der Waals surface area contributed by atoms with Crippen LogP contribution in [0.5, 0.6) is 0 Å². The van der Waals surface area contributed by atoms with E-state index in [1.807, 2.05) is 67.8 Å². The van der Waals surface area contributed by atoms with E-state index in [2.05, 4.69) is 5.32 Å². The summed E-state index contributed by atoms with van der Waals surface area (Å²) in [6.07, 6.45) is 1.70. The van der Waals surface area contributed by atoms with Crippen molar-refractivity contribution in [3.63, 3.8) is 0 Å². The lowest BCUT2D eigenvalue weighted by Crippen LogP contribution is -2.30. The standard InChI is InChI=1S/C27H27N3O4/c1-5-34-26(32)21-7-6-8-23(14-21)30-18(3)13-22(19(30)4)15-24-25(31)29(27(33)28-24)16-20-11-9-17(2)10-12-20/h6-15H,5,16H2,1-4H3,(H,28,33)/b24-15-. The van der Waals surface area contributed by atoms with E-state index in [0.29, 0.717) is 12.2 Å². The molecule has 2 heterocycles. The number of amides is 3. The molecule has 0 saturated carbocycles. The lowest BCUT2D eigenvalue weighted by atomic mass is 10.1. The average molecular weight is 458 g/mol. The van der Waals surface area contributed by atoms with Crippen LogP contribution in [0, 0.1) is 20.8 Å². The Morgan fingerprint density at radius 3 is 2.47 bits per heavy atom. The number of ether oxygens (including phenoxy) is 1. The highest BCUT2D eigenvalue weighted by Crippen LogP contribution is 2.25. The summed E-state index contributed by atoms with van der Waals surface area (Å²) >= 11 is 0. The zero-order valence-electron chi connectivity index (χ0n) is 19.7. The first-order valence-corrected chi connectivity index (χ1v) is 11.1. The third-order valence-electron chi connectivity index (χ3n) is 5.81. The number of carbonyl (C=O) groups excluding carboxylic acids is 3. The number of imide groups is 1. The zero-order valence-corrected chi connectivity index (χ0v) is 19.7. The second kappa shape index (κ2) is 9.39. The first-order chi connectivity index (χ1) is 16.3. The minimum atomic E-state index is -0.437. The van der Waals surface area contributed by atoms with Crippen LogP contribution in [0.15, 0.2) is 60.3 Å². The average Bonchev–Trinajstić information content (AvgIpc) is 3.24. The molecule has 0 spiro atoms. The maximum Gasteiger partial charge on any atom is 0.338 e. The molecular weight excluding hydrogens is 430 g/mol. The topological polar surface area (TPSA) is 80.6 Å². The van der Waals surface area contributed by atoms with Gasteiger partial charge in [0.2, 0.25) is 0 Å². The Labute approximate surface area is 198 Å². The van der Waals surface area contributed by atoms with E-state index in [0.717, 1.165) is 33.8 Å². The minimum Gasteiger partial charge on any atom is -0.462 e. The van der Waals surface area contributed by atoms with Gasteiger partial charge in [-0.1, -0.05) is 35.9 Å². The molecule has 0 bridgehead atoms. The van der Waals surface area contributed by atoms with Crippen LogP contribution in [-0.2, 0) is 16.1 Å². The van der Waals surface area contributed by atoms with Gasteiger partial charge in [-0.25, -0.2) is 9.59 Å². The predicted octanol–water partition coefficient (Wildman–Crippen LogP) is 4.67. The highest BCUT2D eigenvalue weighted by atomic mass is 16.5. The molecule has 34 heavy (non-hydrogen) atoms. The Morgan fingerprint density at radius 2 is 1.76 bits per heavy atom. The van der Waals surface area contributed by atoms with E-state index in [-0.39, 0.29) is 24.1 Å². The molecule has 3 aromatic rings. The van der Waals surface area contributed by atoms with Gasteiger partial charge < -0.3 is 14.6 Å². The number of nitrogens with zero attached hydrogens (tertiary/aromatic N) is 2. The molecule has 2 aromatic carbocycles. The van der Waals surface area contributed by atoms with E-state index in [4.69, 9.17) is 4.74 Å². The molecule has 1 saturated heterocycles. The highest BCUT2D eigenvalue weighted by molar-refractivity contribution is 6.14. The molecule has 0 radical (unpaired) electrons. The third-order valence-corrected chi connectivity index (χ3v) is 5.81. The van der Waals surface area contributed by atoms with Crippen molar-refractivity contribution in [1.82, 2.24) is 14.8 Å². The van der Waals surface area contributed by atoms with Crippen LogP contribution in [-0.4, -0.2) is 34.0 Å².